The van der Waals surface area contributed by atoms with Crippen LogP contribution in [0.5, 0.6) is 0 Å². The number of methoxy groups -OCH3 is 2. The second kappa shape index (κ2) is 6.14. The molecule has 1 rings (SSSR count). The van der Waals surface area contributed by atoms with E-state index in [4.69, 9.17) is 15.2 Å². The van der Waals surface area contributed by atoms with Crippen LogP contribution in [0.25, 0.3) is 0 Å². The predicted molar refractivity (Wildman–Crippen MR) is 70.1 cm³/mol. The molecule has 3 unspecified atom stereocenters. The molecule has 0 aromatic heterocycles. The first-order valence-electron chi connectivity index (χ1n) is 6.42. The van der Waals surface area contributed by atoms with Crippen molar-refractivity contribution in [3.8, 4) is 0 Å². The number of nitrogens with two attached hydrogens (primary N) is 1. The Hall–Kier alpha value is -0.160. The van der Waals surface area contributed by atoms with Crippen LogP contribution >= 0.6 is 0 Å². The fraction of sp³-hybridized carbons (Fsp3) is 1.00. The zero-order valence-electron chi connectivity index (χ0n) is 11.9. The second-order valence-electron chi connectivity index (χ2n) is 6.07. The quantitative estimate of drug-likeness (QED) is 0.786. The van der Waals surface area contributed by atoms with Crippen molar-refractivity contribution < 1.29 is 9.47 Å². The average molecular weight is 244 g/mol. The molecule has 1 saturated heterocycles. The van der Waals surface area contributed by atoms with E-state index in [1.807, 2.05) is 0 Å². The Morgan fingerprint density at radius 1 is 1.18 bits per heavy atom. The Labute approximate surface area is 105 Å². The van der Waals surface area contributed by atoms with E-state index in [0.717, 1.165) is 26.1 Å². The second-order valence-corrected chi connectivity index (χ2v) is 6.07. The molecule has 0 spiro atoms. The van der Waals surface area contributed by atoms with Crippen molar-refractivity contribution in [2.75, 3.05) is 33.9 Å². The van der Waals surface area contributed by atoms with E-state index in [1.54, 1.807) is 14.2 Å². The lowest BCUT2D eigenvalue weighted by Crippen LogP contribution is -2.38. The lowest BCUT2D eigenvalue weighted by Gasteiger charge is -2.28. The van der Waals surface area contributed by atoms with E-state index in [0.29, 0.717) is 0 Å². The minimum Gasteiger partial charge on any atom is -0.377 e. The molecule has 4 nitrogen and oxygen atoms in total. The van der Waals surface area contributed by atoms with Crippen molar-refractivity contribution >= 4 is 0 Å². The Morgan fingerprint density at radius 3 is 2.00 bits per heavy atom. The molecular weight excluding hydrogens is 216 g/mol. The number of hydrogen-bond acceptors (Lipinski definition) is 4. The molecule has 1 aliphatic rings. The van der Waals surface area contributed by atoms with Gasteiger partial charge in [-0.05, 0) is 18.4 Å². The highest BCUT2D eigenvalue weighted by molar-refractivity contribution is 4.87. The molecule has 0 saturated carbocycles. The normalized spacial score (nSPS) is 28.6. The summed E-state index contributed by atoms with van der Waals surface area (Å²) in [6, 6.07) is 0.241. The fourth-order valence-electron chi connectivity index (χ4n) is 2.21. The molecule has 2 N–H and O–H groups in total. The Kier molecular flexibility index (Phi) is 5.38. The van der Waals surface area contributed by atoms with Crippen molar-refractivity contribution in [3.63, 3.8) is 0 Å². The van der Waals surface area contributed by atoms with Gasteiger partial charge in [-0.15, -0.1) is 0 Å². The summed E-state index contributed by atoms with van der Waals surface area (Å²) in [7, 11) is 3.50. The van der Waals surface area contributed by atoms with Crippen molar-refractivity contribution in [2.24, 2.45) is 11.1 Å². The summed E-state index contributed by atoms with van der Waals surface area (Å²) in [4.78, 5) is 2.38. The van der Waals surface area contributed by atoms with Crippen LogP contribution in [0.3, 0.4) is 0 Å². The maximum absolute atomic E-state index is 6.17. The summed E-state index contributed by atoms with van der Waals surface area (Å²) in [5, 5.41) is 0. The van der Waals surface area contributed by atoms with Crippen LogP contribution in [0.4, 0.5) is 0 Å². The van der Waals surface area contributed by atoms with E-state index in [9.17, 15) is 0 Å². The summed E-state index contributed by atoms with van der Waals surface area (Å²) in [6.07, 6.45) is 1.42. The third-order valence-electron chi connectivity index (χ3n) is 3.77. The van der Waals surface area contributed by atoms with E-state index in [1.165, 1.54) is 0 Å². The number of nitrogens with zero attached hydrogens (tertiary/aromatic N) is 1. The summed E-state index contributed by atoms with van der Waals surface area (Å²) in [5.74, 6) is 0. The van der Waals surface area contributed by atoms with Crippen LogP contribution in [0, 0.1) is 5.41 Å². The third kappa shape index (κ3) is 4.21. The highest BCUT2D eigenvalue weighted by atomic mass is 16.5. The Bertz CT molecular complexity index is 216. The van der Waals surface area contributed by atoms with Crippen LogP contribution in [0.15, 0.2) is 0 Å². The van der Waals surface area contributed by atoms with Crippen molar-refractivity contribution in [1.82, 2.24) is 4.90 Å². The number of hydrogen-bond donors (Lipinski definition) is 1. The van der Waals surface area contributed by atoms with Gasteiger partial charge < -0.3 is 15.2 Å². The summed E-state index contributed by atoms with van der Waals surface area (Å²) in [5.41, 5.74) is 6.36. The fourth-order valence-corrected chi connectivity index (χ4v) is 2.21. The van der Waals surface area contributed by atoms with Crippen LogP contribution < -0.4 is 5.73 Å². The molecule has 0 aromatic carbocycles. The molecule has 4 heteroatoms. The van der Waals surface area contributed by atoms with Gasteiger partial charge in [0.25, 0.3) is 0 Å². The van der Waals surface area contributed by atoms with Gasteiger partial charge in [-0.3, -0.25) is 4.90 Å². The van der Waals surface area contributed by atoms with Gasteiger partial charge in [0.15, 0.2) is 0 Å². The molecule has 1 heterocycles. The smallest absolute Gasteiger partial charge is 0.0971 e. The Morgan fingerprint density at radius 2 is 1.65 bits per heavy atom. The zero-order chi connectivity index (χ0) is 13.1. The standard InChI is InChI=1S/C13H28N2O2/c1-13(2,3)12(14)6-7-15-8-10(16-4)11(9-15)17-5/h10-12H,6-9,14H2,1-5H3. The first-order valence-corrected chi connectivity index (χ1v) is 6.42. The van der Waals surface area contributed by atoms with E-state index in [-0.39, 0.29) is 23.7 Å². The SMILES string of the molecule is COC1CN(CCC(N)C(C)(C)C)CC1OC. The Balaban J connectivity index is 2.35. The van der Waals surface area contributed by atoms with Crippen LogP contribution in [0.1, 0.15) is 27.2 Å². The molecule has 0 amide bonds. The van der Waals surface area contributed by atoms with Gasteiger partial charge in [0.1, 0.15) is 0 Å². The van der Waals surface area contributed by atoms with Crippen molar-refractivity contribution in [1.29, 1.82) is 0 Å². The van der Waals surface area contributed by atoms with Gasteiger partial charge in [0.2, 0.25) is 0 Å². The van der Waals surface area contributed by atoms with Gasteiger partial charge in [-0.1, -0.05) is 20.8 Å². The van der Waals surface area contributed by atoms with Crippen molar-refractivity contribution in [3.05, 3.63) is 0 Å². The summed E-state index contributed by atoms with van der Waals surface area (Å²) >= 11 is 0. The lowest BCUT2D eigenvalue weighted by molar-refractivity contribution is -0.00461. The first-order chi connectivity index (χ1) is 7.88. The lowest BCUT2D eigenvalue weighted by atomic mass is 9.85. The predicted octanol–water partition coefficient (Wildman–Crippen LogP) is 1.10. The van der Waals surface area contributed by atoms with Gasteiger partial charge in [0, 0.05) is 33.4 Å². The molecule has 102 valence electrons. The zero-order valence-corrected chi connectivity index (χ0v) is 11.9. The average Bonchev–Trinajstić information content (AvgIpc) is 2.66. The maximum atomic E-state index is 6.17. The first kappa shape index (κ1) is 14.9. The number of likely N-dealkylation sites (tertiary alicyclic amines) is 1. The third-order valence-corrected chi connectivity index (χ3v) is 3.77. The molecular formula is C13H28N2O2. The molecule has 1 fully saturated rings. The number of ether oxygens (including phenoxy) is 2. The summed E-state index contributed by atoms with van der Waals surface area (Å²) in [6.45, 7) is 9.50. The molecule has 0 radical (unpaired) electrons. The van der Waals surface area contributed by atoms with Crippen molar-refractivity contribution in [2.45, 2.75) is 45.4 Å². The van der Waals surface area contributed by atoms with Gasteiger partial charge in [0.05, 0.1) is 12.2 Å². The maximum Gasteiger partial charge on any atom is 0.0971 e. The van der Waals surface area contributed by atoms with E-state index in [2.05, 4.69) is 25.7 Å². The number of rotatable bonds is 5. The molecule has 0 aromatic rings. The van der Waals surface area contributed by atoms with Gasteiger partial charge in [-0.2, -0.15) is 0 Å². The minimum absolute atomic E-state index is 0.182. The molecule has 0 bridgehead atoms. The monoisotopic (exact) mass is 244 g/mol. The molecule has 0 aliphatic carbocycles. The van der Waals surface area contributed by atoms with Gasteiger partial charge >= 0.3 is 0 Å². The van der Waals surface area contributed by atoms with Crippen LogP contribution in [-0.2, 0) is 9.47 Å². The highest BCUT2D eigenvalue weighted by Gasteiger charge is 2.33. The summed E-state index contributed by atoms with van der Waals surface area (Å²) < 4.78 is 10.8. The van der Waals surface area contributed by atoms with Crippen LogP contribution in [-0.4, -0.2) is 57.0 Å². The molecule has 3 atom stereocenters. The van der Waals surface area contributed by atoms with Crippen LogP contribution in [0.2, 0.25) is 0 Å². The van der Waals surface area contributed by atoms with Gasteiger partial charge in [-0.25, -0.2) is 0 Å². The topological polar surface area (TPSA) is 47.7 Å². The van der Waals surface area contributed by atoms with E-state index < -0.39 is 0 Å². The highest BCUT2D eigenvalue weighted by Crippen LogP contribution is 2.21. The van der Waals surface area contributed by atoms with E-state index >= 15 is 0 Å². The largest absolute Gasteiger partial charge is 0.377 e. The minimum atomic E-state index is 0.182. The molecule has 17 heavy (non-hydrogen) atoms. The molecule has 1 aliphatic heterocycles.